The molecule has 8 heteroatoms. The number of carbonyl (C=O) groups excluding carboxylic acids is 1. The van der Waals surface area contributed by atoms with Crippen molar-refractivity contribution in [3.05, 3.63) is 93.7 Å². The largest absolute Gasteiger partial charge is 0.490 e. The number of ether oxygens (including phenoxy) is 1. The van der Waals surface area contributed by atoms with Crippen molar-refractivity contribution in [2.75, 3.05) is 18.0 Å². The number of nitrogens with one attached hydrogen (secondary N) is 2. The van der Waals surface area contributed by atoms with E-state index in [2.05, 4.69) is 21.3 Å². The molecular weight excluding hydrogens is 423 g/mol. The summed E-state index contributed by atoms with van der Waals surface area (Å²) in [5.41, 5.74) is 1.80. The summed E-state index contributed by atoms with van der Waals surface area (Å²) >= 11 is 0. The van der Waals surface area contributed by atoms with Crippen molar-refractivity contribution in [3.8, 4) is 11.8 Å². The van der Waals surface area contributed by atoms with Gasteiger partial charge in [-0.05, 0) is 60.2 Å². The molecule has 1 fully saturated rings. The molecule has 2 N–H and O–H groups in total. The summed E-state index contributed by atoms with van der Waals surface area (Å²) in [4.78, 5) is 29.0. The maximum Gasteiger partial charge on any atom is 0.260 e. The van der Waals surface area contributed by atoms with Gasteiger partial charge in [0.05, 0.1) is 11.6 Å². The molecule has 2 aromatic carbocycles. The highest BCUT2D eigenvalue weighted by Gasteiger charge is 2.23. The van der Waals surface area contributed by atoms with Gasteiger partial charge in [-0.15, -0.1) is 0 Å². The molecule has 1 amide bonds. The van der Waals surface area contributed by atoms with Crippen LogP contribution in [0, 0.1) is 17.1 Å². The number of aromatic nitrogens is 1. The summed E-state index contributed by atoms with van der Waals surface area (Å²) in [7, 11) is 0. The van der Waals surface area contributed by atoms with Crippen LogP contribution in [-0.2, 0) is 6.54 Å². The minimum absolute atomic E-state index is 0.0260. The monoisotopic (exact) mass is 446 g/mol. The Morgan fingerprint density at radius 3 is 2.64 bits per heavy atom. The van der Waals surface area contributed by atoms with E-state index in [9.17, 15) is 19.2 Å². The van der Waals surface area contributed by atoms with E-state index < -0.39 is 11.5 Å². The molecule has 0 spiro atoms. The third-order valence-electron chi connectivity index (χ3n) is 5.61. The lowest BCUT2D eigenvalue weighted by Gasteiger charge is -2.35. The fourth-order valence-corrected chi connectivity index (χ4v) is 3.90. The first-order valence-corrected chi connectivity index (χ1v) is 10.7. The second-order valence-electron chi connectivity index (χ2n) is 7.81. The first-order chi connectivity index (χ1) is 16.0. The molecule has 1 aliphatic heterocycles. The SMILES string of the molecule is N#Cc1ccc(N2CCC(Oc3ccc(F)cc3)CC2)c(CNC(=O)c2ccc[nH]c2=O)c1. The molecule has 0 bridgehead atoms. The second kappa shape index (κ2) is 10.0. The van der Waals surface area contributed by atoms with Gasteiger partial charge in [-0.2, -0.15) is 5.26 Å². The Labute approximate surface area is 190 Å². The number of halogens is 1. The maximum atomic E-state index is 13.1. The van der Waals surface area contributed by atoms with Gasteiger partial charge < -0.3 is 19.9 Å². The number of pyridine rings is 1. The van der Waals surface area contributed by atoms with Crippen LogP contribution in [0.5, 0.6) is 5.75 Å². The van der Waals surface area contributed by atoms with Crippen LogP contribution < -0.4 is 20.5 Å². The number of hydrogen-bond donors (Lipinski definition) is 2. The lowest BCUT2D eigenvalue weighted by atomic mass is 10.0. The van der Waals surface area contributed by atoms with Gasteiger partial charge in [0, 0.05) is 44.4 Å². The average molecular weight is 446 g/mol. The summed E-state index contributed by atoms with van der Waals surface area (Å²) in [6.07, 6.45) is 3.06. The van der Waals surface area contributed by atoms with Gasteiger partial charge in [-0.25, -0.2) is 4.39 Å². The zero-order chi connectivity index (χ0) is 23.2. The van der Waals surface area contributed by atoms with E-state index in [4.69, 9.17) is 4.74 Å². The van der Waals surface area contributed by atoms with Crippen molar-refractivity contribution in [2.24, 2.45) is 0 Å². The molecule has 1 saturated heterocycles. The van der Waals surface area contributed by atoms with Gasteiger partial charge in [-0.1, -0.05) is 0 Å². The lowest BCUT2D eigenvalue weighted by molar-refractivity contribution is 0.0949. The number of H-pyrrole nitrogens is 1. The van der Waals surface area contributed by atoms with Crippen molar-refractivity contribution in [1.82, 2.24) is 10.3 Å². The van der Waals surface area contributed by atoms with Crippen molar-refractivity contribution < 1.29 is 13.9 Å². The highest BCUT2D eigenvalue weighted by atomic mass is 19.1. The molecule has 33 heavy (non-hydrogen) atoms. The number of nitrogens with zero attached hydrogens (tertiary/aromatic N) is 2. The Hall–Kier alpha value is -4.12. The highest BCUT2D eigenvalue weighted by molar-refractivity contribution is 5.93. The van der Waals surface area contributed by atoms with Crippen molar-refractivity contribution >= 4 is 11.6 Å². The molecule has 0 aliphatic carbocycles. The zero-order valence-electron chi connectivity index (χ0n) is 17.9. The summed E-state index contributed by atoms with van der Waals surface area (Å²) in [6, 6.07) is 16.6. The summed E-state index contributed by atoms with van der Waals surface area (Å²) in [5, 5.41) is 12.1. The van der Waals surface area contributed by atoms with Crippen LogP contribution in [0.1, 0.15) is 34.3 Å². The first kappa shape index (κ1) is 22.1. The fourth-order valence-electron chi connectivity index (χ4n) is 3.90. The van der Waals surface area contributed by atoms with E-state index in [0.29, 0.717) is 11.3 Å². The normalized spacial score (nSPS) is 13.9. The summed E-state index contributed by atoms with van der Waals surface area (Å²) < 4.78 is 19.1. The molecule has 2 heterocycles. The Morgan fingerprint density at radius 1 is 1.18 bits per heavy atom. The van der Waals surface area contributed by atoms with E-state index in [1.165, 1.54) is 24.4 Å². The number of piperidine rings is 1. The lowest BCUT2D eigenvalue weighted by Crippen LogP contribution is -2.39. The number of amides is 1. The Kier molecular flexibility index (Phi) is 6.69. The van der Waals surface area contributed by atoms with Gasteiger partial charge in [0.1, 0.15) is 23.2 Å². The van der Waals surface area contributed by atoms with Gasteiger partial charge in [0.25, 0.3) is 11.5 Å². The van der Waals surface area contributed by atoms with Gasteiger partial charge in [0.2, 0.25) is 0 Å². The van der Waals surface area contributed by atoms with Crippen LogP contribution >= 0.6 is 0 Å². The molecule has 0 saturated carbocycles. The topological polar surface area (TPSA) is 98.2 Å². The van der Waals surface area contributed by atoms with Crippen molar-refractivity contribution in [1.29, 1.82) is 5.26 Å². The number of rotatable bonds is 6. The molecule has 0 radical (unpaired) electrons. The van der Waals surface area contributed by atoms with Gasteiger partial charge in [0.15, 0.2) is 0 Å². The fraction of sp³-hybridized carbons (Fsp3) is 0.240. The molecule has 168 valence electrons. The van der Waals surface area contributed by atoms with Crippen molar-refractivity contribution in [3.63, 3.8) is 0 Å². The average Bonchev–Trinajstić information content (AvgIpc) is 2.84. The predicted molar refractivity (Wildman–Crippen MR) is 122 cm³/mol. The number of carbonyl (C=O) groups is 1. The first-order valence-electron chi connectivity index (χ1n) is 10.7. The number of benzene rings is 2. The number of aromatic amines is 1. The quantitative estimate of drug-likeness (QED) is 0.605. The molecule has 3 aromatic rings. The molecule has 1 aromatic heterocycles. The third kappa shape index (κ3) is 5.39. The van der Waals surface area contributed by atoms with E-state index >= 15 is 0 Å². The van der Waals surface area contributed by atoms with Crippen LogP contribution in [-0.4, -0.2) is 30.1 Å². The van der Waals surface area contributed by atoms with E-state index in [1.54, 1.807) is 30.3 Å². The molecule has 0 unspecified atom stereocenters. The van der Waals surface area contributed by atoms with E-state index in [-0.39, 0.29) is 24.0 Å². The summed E-state index contributed by atoms with van der Waals surface area (Å²) in [5.74, 6) is -0.126. The third-order valence-corrected chi connectivity index (χ3v) is 5.61. The van der Waals surface area contributed by atoms with Crippen LogP contribution in [0.3, 0.4) is 0 Å². The number of hydrogen-bond acceptors (Lipinski definition) is 5. The zero-order valence-corrected chi connectivity index (χ0v) is 17.9. The van der Waals surface area contributed by atoms with E-state index in [1.807, 2.05) is 6.07 Å². The Morgan fingerprint density at radius 2 is 1.94 bits per heavy atom. The number of nitriles is 1. The number of anilines is 1. The molecular formula is C25H23FN4O3. The van der Waals surface area contributed by atoms with E-state index in [0.717, 1.165) is 37.2 Å². The Balaban J connectivity index is 1.43. The van der Waals surface area contributed by atoms with Crippen LogP contribution in [0.2, 0.25) is 0 Å². The van der Waals surface area contributed by atoms with Crippen molar-refractivity contribution in [2.45, 2.75) is 25.5 Å². The minimum Gasteiger partial charge on any atom is -0.490 e. The van der Waals surface area contributed by atoms with Gasteiger partial charge >= 0.3 is 0 Å². The molecule has 7 nitrogen and oxygen atoms in total. The van der Waals surface area contributed by atoms with Crippen LogP contribution in [0.25, 0.3) is 0 Å². The Bertz CT molecular complexity index is 1230. The summed E-state index contributed by atoms with van der Waals surface area (Å²) in [6.45, 7) is 1.65. The van der Waals surface area contributed by atoms with Gasteiger partial charge in [-0.3, -0.25) is 9.59 Å². The minimum atomic E-state index is -0.475. The van der Waals surface area contributed by atoms with Crippen LogP contribution in [0.15, 0.2) is 65.6 Å². The standard InChI is InChI=1S/C25H23FN4O3/c26-19-4-6-20(7-5-19)33-21-9-12-30(13-10-21)23-8-3-17(15-27)14-18(23)16-29-25(32)22-2-1-11-28-24(22)31/h1-8,11,14,21H,9-10,12-13,16H2,(H,28,31)(H,29,32). The molecule has 4 rings (SSSR count). The van der Waals surface area contributed by atoms with Crippen LogP contribution in [0.4, 0.5) is 10.1 Å². The molecule has 1 aliphatic rings. The molecule has 0 atom stereocenters. The smallest absolute Gasteiger partial charge is 0.260 e. The predicted octanol–water partition coefficient (Wildman–Crippen LogP) is 3.36. The maximum absolute atomic E-state index is 13.1. The highest BCUT2D eigenvalue weighted by Crippen LogP contribution is 2.27. The second-order valence-corrected chi connectivity index (χ2v) is 7.81.